The molecule has 4 nitrogen and oxygen atoms in total. The SMILES string of the molecule is CCC1CCCN(S(=O)(=O)c2cc(N)cc(F)c2)C1. The van der Waals surface area contributed by atoms with Crippen molar-refractivity contribution in [3.05, 3.63) is 24.0 Å². The molecule has 2 rings (SSSR count). The maximum Gasteiger partial charge on any atom is 0.243 e. The molecule has 0 amide bonds. The average Bonchev–Trinajstić information content (AvgIpc) is 2.37. The third-order valence-electron chi connectivity index (χ3n) is 3.59. The molecule has 1 fully saturated rings. The molecule has 0 aromatic heterocycles. The first-order valence-electron chi connectivity index (χ1n) is 6.49. The number of nitrogens with zero attached hydrogens (tertiary/aromatic N) is 1. The number of anilines is 1. The van der Waals surface area contributed by atoms with Gasteiger partial charge in [0.05, 0.1) is 4.90 Å². The van der Waals surface area contributed by atoms with E-state index < -0.39 is 15.8 Å². The number of hydrogen-bond acceptors (Lipinski definition) is 3. The predicted octanol–water partition coefficient (Wildman–Crippen LogP) is 2.22. The van der Waals surface area contributed by atoms with Gasteiger partial charge in [-0.2, -0.15) is 4.31 Å². The van der Waals surface area contributed by atoms with Crippen molar-refractivity contribution < 1.29 is 12.8 Å². The second-order valence-electron chi connectivity index (χ2n) is 5.00. The zero-order valence-corrected chi connectivity index (χ0v) is 11.8. The van der Waals surface area contributed by atoms with Crippen LogP contribution < -0.4 is 5.73 Å². The van der Waals surface area contributed by atoms with E-state index in [0.29, 0.717) is 19.0 Å². The van der Waals surface area contributed by atoms with Gasteiger partial charge >= 0.3 is 0 Å². The number of nitrogen functional groups attached to an aromatic ring is 1. The number of piperidine rings is 1. The molecule has 6 heteroatoms. The normalized spacial score (nSPS) is 21.5. The minimum absolute atomic E-state index is 0.0539. The van der Waals surface area contributed by atoms with Gasteiger partial charge in [0.25, 0.3) is 0 Å². The van der Waals surface area contributed by atoms with Gasteiger partial charge < -0.3 is 5.73 Å². The molecule has 106 valence electrons. The zero-order valence-electron chi connectivity index (χ0n) is 11.0. The molecule has 1 aromatic rings. The van der Waals surface area contributed by atoms with Crippen LogP contribution in [0.25, 0.3) is 0 Å². The molecule has 1 unspecified atom stereocenters. The molecule has 0 spiro atoms. The summed E-state index contributed by atoms with van der Waals surface area (Å²) in [4.78, 5) is -0.0539. The Morgan fingerprint density at radius 1 is 1.42 bits per heavy atom. The summed E-state index contributed by atoms with van der Waals surface area (Å²) in [6, 6.07) is 3.46. The number of hydrogen-bond donors (Lipinski definition) is 1. The third-order valence-corrected chi connectivity index (χ3v) is 5.43. The van der Waals surface area contributed by atoms with Gasteiger partial charge in [-0.3, -0.25) is 0 Å². The standard InChI is InChI=1S/C13H19FN2O2S/c1-2-10-4-3-5-16(9-10)19(17,18)13-7-11(14)6-12(15)8-13/h6-8,10H,2-5,9,15H2,1H3. The topological polar surface area (TPSA) is 63.4 Å². The number of halogens is 1. The molecular formula is C13H19FN2O2S. The first-order chi connectivity index (χ1) is 8.93. The van der Waals surface area contributed by atoms with Gasteiger partial charge in [-0.05, 0) is 37.0 Å². The summed E-state index contributed by atoms with van der Waals surface area (Å²) in [6.07, 6.45) is 2.85. The lowest BCUT2D eigenvalue weighted by Crippen LogP contribution is -2.39. The van der Waals surface area contributed by atoms with Gasteiger partial charge in [0.1, 0.15) is 5.82 Å². The van der Waals surface area contributed by atoms with Crippen LogP contribution in [-0.4, -0.2) is 25.8 Å². The van der Waals surface area contributed by atoms with Crippen molar-refractivity contribution >= 4 is 15.7 Å². The Balaban J connectivity index is 2.31. The van der Waals surface area contributed by atoms with E-state index in [0.717, 1.165) is 31.4 Å². The molecular weight excluding hydrogens is 267 g/mol. The molecule has 0 radical (unpaired) electrons. The van der Waals surface area contributed by atoms with Crippen LogP contribution in [0, 0.1) is 11.7 Å². The van der Waals surface area contributed by atoms with Crippen LogP contribution in [0.15, 0.2) is 23.1 Å². The fraction of sp³-hybridized carbons (Fsp3) is 0.538. The van der Waals surface area contributed by atoms with E-state index in [9.17, 15) is 12.8 Å². The zero-order chi connectivity index (χ0) is 14.0. The summed E-state index contributed by atoms with van der Waals surface area (Å²) in [6.45, 7) is 3.06. The Bertz CT molecular complexity index is 540. The summed E-state index contributed by atoms with van der Waals surface area (Å²) in [5, 5.41) is 0. The molecule has 1 heterocycles. The van der Waals surface area contributed by atoms with E-state index in [1.807, 2.05) is 0 Å². The fourth-order valence-corrected chi connectivity index (χ4v) is 4.08. The maximum absolute atomic E-state index is 13.3. The van der Waals surface area contributed by atoms with Crippen LogP contribution in [0.5, 0.6) is 0 Å². The fourth-order valence-electron chi connectivity index (χ4n) is 2.46. The van der Waals surface area contributed by atoms with Crippen molar-refractivity contribution in [2.45, 2.75) is 31.1 Å². The Labute approximate surface area is 113 Å². The first kappa shape index (κ1) is 14.3. The second kappa shape index (κ2) is 5.46. The van der Waals surface area contributed by atoms with Crippen molar-refractivity contribution in [3.8, 4) is 0 Å². The van der Waals surface area contributed by atoms with Gasteiger partial charge in [0.2, 0.25) is 10.0 Å². The largest absolute Gasteiger partial charge is 0.399 e. The predicted molar refractivity (Wildman–Crippen MR) is 72.6 cm³/mol. The molecule has 1 aliphatic heterocycles. The summed E-state index contributed by atoms with van der Waals surface area (Å²) >= 11 is 0. The Morgan fingerprint density at radius 2 is 2.16 bits per heavy atom. The quantitative estimate of drug-likeness (QED) is 0.867. The Hall–Kier alpha value is -1.14. The summed E-state index contributed by atoms with van der Waals surface area (Å²) < 4.78 is 39.7. The summed E-state index contributed by atoms with van der Waals surface area (Å²) in [5.74, 6) is -0.239. The first-order valence-corrected chi connectivity index (χ1v) is 7.93. The van der Waals surface area contributed by atoms with Crippen molar-refractivity contribution in [2.24, 2.45) is 5.92 Å². The molecule has 0 bridgehead atoms. The van der Waals surface area contributed by atoms with Crippen LogP contribution in [0.4, 0.5) is 10.1 Å². The van der Waals surface area contributed by atoms with E-state index in [2.05, 4.69) is 6.92 Å². The van der Waals surface area contributed by atoms with E-state index in [1.165, 1.54) is 10.4 Å². The van der Waals surface area contributed by atoms with Crippen molar-refractivity contribution in [1.82, 2.24) is 4.31 Å². The number of sulfonamides is 1. The number of nitrogens with two attached hydrogens (primary N) is 1. The Kier molecular flexibility index (Phi) is 4.10. The van der Waals surface area contributed by atoms with Crippen LogP contribution in [0.2, 0.25) is 0 Å². The lowest BCUT2D eigenvalue weighted by molar-refractivity contribution is 0.261. The van der Waals surface area contributed by atoms with Gasteiger partial charge in [-0.15, -0.1) is 0 Å². The van der Waals surface area contributed by atoms with Crippen molar-refractivity contribution in [1.29, 1.82) is 0 Å². The van der Waals surface area contributed by atoms with E-state index in [-0.39, 0.29) is 10.6 Å². The minimum atomic E-state index is -3.64. The molecule has 1 atom stereocenters. The minimum Gasteiger partial charge on any atom is -0.399 e. The Morgan fingerprint density at radius 3 is 2.79 bits per heavy atom. The second-order valence-corrected chi connectivity index (χ2v) is 6.94. The van der Waals surface area contributed by atoms with Crippen LogP contribution in [0.1, 0.15) is 26.2 Å². The average molecular weight is 286 g/mol. The van der Waals surface area contributed by atoms with Crippen LogP contribution in [0.3, 0.4) is 0 Å². The molecule has 19 heavy (non-hydrogen) atoms. The molecule has 0 saturated carbocycles. The van der Waals surface area contributed by atoms with Crippen LogP contribution >= 0.6 is 0 Å². The molecule has 0 aliphatic carbocycles. The highest BCUT2D eigenvalue weighted by molar-refractivity contribution is 7.89. The highest BCUT2D eigenvalue weighted by atomic mass is 32.2. The van der Waals surface area contributed by atoms with Crippen molar-refractivity contribution in [3.63, 3.8) is 0 Å². The maximum atomic E-state index is 13.3. The molecule has 1 aromatic carbocycles. The van der Waals surface area contributed by atoms with Gasteiger partial charge in [-0.25, -0.2) is 12.8 Å². The highest BCUT2D eigenvalue weighted by Gasteiger charge is 2.30. The van der Waals surface area contributed by atoms with Gasteiger partial charge in [-0.1, -0.05) is 13.3 Å². The molecule has 1 aliphatic rings. The van der Waals surface area contributed by atoms with Crippen molar-refractivity contribution in [2.75, 3.05) is 18.8 Å². The van der Waals surface area contributed by atoms with Gasteiger partial charge in [0, 0.05) is 18.8 Å². The van der Waals surface area contributed by atoms with E-state index in [4.69, 9.17) is 5.73 Å². The number of benzene rings is 1. The highest BCUT2D eigenvalue weighted by Crippen LogP contribution is 2.26. The number of rotatable bonds is 3. The lowest BCUT2D eigenvalue weighted by atomic mass is 9.97. The smallest absolute Gasteiger partial charge is 0.243 e. The monoisotopic (exact) mass is 286 g/mol. The lowest BCUT2D eigenvalue weighted by Gasteiger charge is -2.31. The van der Waals surface area contributed by atoms with Crippen LogP contribution in [-0.2, 0) is 10.0 Å². The third kappa shape index (κ3) is 3.06. The molecule has 2 N–H and O–H groups in total. The summed E-state index contributed by atoms with van der Waals surface area (Å²) in [7, 11) is -3.64. The summed E-state index contributed by atoms with van der Waals surface area (Å²) in [5.41, 5.74) is 5.64. The molecule has 1 saturated heterocycles. The van der Waals surface area contributed by atoms with Gasteiger partial charge in [0.15, 0.2) is 0 Å². The van der Waals surface area contributed by atoms with E-state index in [1.54, 1.807) is 0 Å². The van der Waals surface area contributed by atoms with E-state index >= 15 is 0 Å².